The number of hydrogen-bond acceptors (Lipinski definition) is 2. The molecule has 0 aliphatic heterocycles. The van der Waals surface area contributed by atoms with E-state index in [1.807, 2.05) is 0 Å². The summed E-state index contributed by atoms with van der Waals surface area (Å²) in [6.07, 6.45) is 3.58. The summed E-state index contributed by atoms with van der Waals surface area (Å²) in [7, 11) is 0. The van der Waals surface area contributed by atoms with Crippen LogP contribution in [0.1, 0.15) is 36.8 Å². The van der Waals surface area contributed by atoms with Crippen molar-refractivity contribution >= 4 is 45.4 Å². The SMILES string of the molecule is CC(S)C1CCCc2cc3c4ccccc4n(-c4cc5c(-c6ccccc6)cccc5o4)c3cc21. The predicted molar refractivity (Wildman–Crippen MR) is 150 cm³/mol. The largest absolute Gasteiger partial charge is 0.440 e. The van der Waals surface area contributed by atoms with E-state index in [-0.39, 0.29) is 0 Å². The minimum Gasteiger partial charge on any atom is -0.440 e. The third kappa shape index (κ3) is 3.25. The molecule has 0 radical (unpaired) electrons. The van der Waals surface area contributed by atoms with Crippen LogP contribution in [0.15, 0.2) is 95.4 Å². The van der Waals surface area contributed by atoms with Crippen molar-refractivity contribution in [2.24, 2.45) is 0 Å². The van der Waals surface area contributed by atoms with E-state index in [0.717, 1.165) is 23.3 Å². The second-order valence-electron chi connectivity index (χ2n) is 9.83. The molecular weight excluding hydrogens is 446 g/mol. The van der Waals surface area contributed by atoms with E-state index in [0.29, 0.717) is 11.2 Å². The van der Waals surface area contributed by atoms with Crippen molar-refractivity contribution in [3.63, 3.8) is 0 Å². The summed E-state index contributed by atoms with van der Waals surface area (Å²) >= 11 is 4.86. The number of thiol groups is 1. The molecular formula is C32H27NOS. The molecule has 1 aliphatic carbocycles. The molecule has 2 heterocycles. The van der Waals surface area contributed by atoms with Crippen LogP contribution in [-0.2, 0) is 6.42 Å². The molecule has 0 fully saturated rings. The van der Waals surface area contributed by atoms with E-state index >= 15 is 0 Å². The summed E-state index contributed by atoms with van der Waals surface area (Å²) in [5.74, 6) is 1.35. The van der Waals surface area contributed by atoms with Crippen molar-refractivity contribution in [1.29, 1.82) is 0 Å². The van der Waals surface area contributed by atoms with Gasteiger partial charge in [0.1, 0.15) is 5.58 Å². The number of rotatable bonds is 3. The van der Waals surface area contributed by atoms with Crippen molar-refractivity contribution in [2.45, 2.75) is 37.4 Å². The van der Waals surface area contributed by atoms with Crippen LogP contribution in [0.2, 0.25) is 0 Å². The highest BCUT2D eigenvalue weighted by molar-refractivity contribution is 7.81. The van der Waals surface area contributed by atoms with Gasteiger partial charge >= 0.3 is 0 Å². The Morgan fingerprint density at radius 1 is 0.829 bits per heavy atom. The monoisotopic (exact) mass is 473 g/mol. The average Bonchev–Trinajstić information content (AvgIpc) is 3.46. The van der Waals surface area contributed by atoms with Gasteiger partial charge in [0.2, 0.25) is 5.88 Å². The van der Waals surface area contributed by atoms with E-state index in [1.54, 1.807) is 0 Å². The molecule has 2 unspecified atom stereocenters. The maximum Gasteiger partial charge on any atom is 0.205 e. The fourth-order valence-corrected chi connectivity index (χ4v) is 6.38. The molecule has 2 nitrogen and oxygen atoms in total. The van der Waals surface area contributed by atoms with E-state index in [9.17, 15) is 0 Å². The van der Waals surface area contributed by atoms with Gasteiger partial charge in [-0.15, -0.1) is 0 Å². The molecule has 4 aromatic carbocycles. The van der Waals surface area contributed by atoms with E-state index < -0.39 is 0 Å². The molecule has 6 aromatic rings. The maximum atomic E-state index is 6.56. The normalized spacial score (nSPS) is 16.7. The van der Waals surface area contributed by atoms with Crippen molar-refractivity contribution in [3.05, 3.63) is 102 Å². The van der Waals surface area contributed by atoms with Crippen molar-refractivity contribution in [3.8, 4) is 17.0 Å². The Kier molecular flexibility index (Phi) is 4.82. The van der Waals surface area contributed by atoms with Crippen molar-refractivity contribution < 1.29 is 4.42 Å². The second kappa shape index (κ2) is 8.07. The standard InChI is InChI=1S/C32H27NOS/c1-20(35)23-13-7-11-22-17-27-25-12-5-6-15-29(25)33(30(27)18-26(22)23)32-19-28-24(14-8-16-31(28)34-32)21-9-3-2-4-10-21/h2-6,8-10,12,14-20,23,35H,7,11,13H2,1H3. The molecule has 1 aliphatic rings. The molecule has 35 heavy (non-hydrogen) atoms. The molecule has 172 valence electrons. The first kappa shape index (κ1) is 20.9. The number of aromatic nitrogens is 1. The number of hydrogen-bond donors (Lipinski definition) is 1. The third-order valence-electron chi connectivity index (χ3n) is 7.73. The van der Waals surface area contributed by atoms with E-state index in [2.05, 4.69) is 102 Å². The van der Waals surface area contributed by atoms with Gasteiger partial charge in [-0.3, -0.25) is 4.57 Å². The highest BCUT2D eigenvalue weighted by atomic mass is 32.1. The van der Waals surface area contributed by atoms with Crippen molar-refractivity contribution in [1.82, 2.24) is 4.57 Å². The molecule has 3 heteroatoms. The fourth-order valence-electron chi connectivity index (χ4n) is 6.07. The summed E-state index contributed by atoms with van der Waals surface area (Å²) in [4.78, 5) is 0. The minimum absolute atomic E-state index is 0.337. The lowest BCUT2D eigenvalue weighted by Gasteiger charge is -2.28. The van der Waals surface area contributed by atoms with Gasteiger partial charge in [0.05, 0.1) is 11.0 Å². The Balaban J connectivity index is 1.52. The van der Waals surface area contributed by atoms with Gasteiger partial charge in [-0.1, -0.05) is 67.6 Å². The molecule has 0 bridgehead atoms. The van der Waals surface area contributed by atoms with Crippen LogP contribution in [0.3, 0.4) is 0 Å². The number of aryl methyl sites for hydroxylation is 1. The average molecular weight is 474 g/mol. The second-order valence-corrected chi connectivity index (χ2v) is 10.6. The first-order chi connectivity index (χ1) is 17.2. The summed E-state index contributed by atoms with van der Waals surface area (Å²) < 4.78 is 8.87. The predicted octanol–water partition coefficient (Wildman–Crippen LogP) is 8.94. The Bertz CT molecular complexity index is 1710. The molecule has 0 spiro atoms. The van der Waals surface area contributed by atoms with Crippen LogP contribution in [0, 0.1) is 0 Å². The highest BCUT2D eigenvalue weighted by Crippen LogP contribution is 2.42. The lowest BCUT2D eigenvalue weighted by Crippen LogP contribution is -2.16. The first-order valence-electron chi connectivity index (χ1n) is 12.5. The van der Waals surface area contributed by atoms with Gasteiger partial charge in [-0.2, -0.15) is 12.6 Å². The minimum atomic E-state index is 0.337. The number of furan rings is 1. The van der Waals surface area contributed by atoms with Crippen LogP contribution in [0.25, 0.3) is 49.8 Å². The highest BCUT2D eigenvalue weighted by Gasteiger charge is 2.26. The Labute approximate surface area is 210 Å². The summed E-state index contributed by atoms with van der Waals surface area (Å²) in [5, 5.41) is 4.05. The molecule has 0 saturated heterocycles. The number of para-hydroxylation sites is 1. The summed E-state index contributed by atoms with van der Waals surface area (Å²) in [5.41, 5.74) is 8.64. The molecule has 7 rings (SSSR count). The Hall–Kier alpha value is -3.43. The van der Waals surface area contributed by atoms with Gasteiger partial charge in [0, 0.05) is 27.5 Å². The maximum absolute atomic E-state index is 6.56. The Morgan fingerprint density at radius 3 is 2.51 bits per heavy atom. The number of nitrogens with zero attached hydrogens (tertiary/aromatic N) is 1. The van der Waals surface area contributed by atoms with Gasteiger partial charge in [-0.05, 0) is 71.7 Å². The quantitative estimate of drug-likeness (QED) is 0.254. The molecule has 0 amide bonds. The fraction of sp³-hybridized carbons (Fsp3) is 0.188. The molecule has 0 N–H and O–H groups in total. The van der Waals surface area contributed by atoms with E-state index in [1.165, 1.54) is 56.9 Å². The molecule has 0 saturated carbocycles. The topological polar surface area (TPSA) is 18.1 Å². The number of fused-ring (bicyclic) bond motifs is 5. The van der Waals surface area contributed by atoms with Crippen LogP contribution in [0.5, 0.6) is 0 Å². The first-order valence-corrected chi connectivity index (χ1v) is 13.0. The zero-order valence-corrected chi connectivity index (χ0v) is 20.6. The molecule has 2 aromatic heterocycles. The summed E-state index contributed by atoms with van der Waals surface area (Å²) in [6.45, 7) is 2.23. The molecule has 2 atom stereocenters. The van der Waals surface area contributed by atoms with Crippen LogP contribution in [-0.4, -0.2) is 9.82 Å². The lowest BCUT2D eigenvalue weighted by atomic mass is 9.80. The van der Waals surface area contributed by atoms with Gasteiger partial charge < -0.3 is 4.42 Å². The van der Waals surface area contributed by atoms with Crippen LogP contribution < -0.4 is 0 Å². The lowest BCUT2D eigenvalue weighted by molar-refractivity contribution is 0.551. The van der Waals surface area contributed by atoms with Gasteiger partial charge in [0.15, 0.2) is 0 Å². The van der Waals surface area contributed by atoms with Gasteiger partial charge in [0.25, 0.3) is 0 Å². The van der Waals surface area contributed by atoms with Crippen LogP contribution >= 0.6 is 12.6 Å². The summed E-state index contributed by atoms with van der Waals surface area (Å²) in [6, 6.07) is 32.6. The zero-order valence-electron chi connectivity index (χ0n) is 19.7. The third-order valence-corrected chi connectivity index (χ3v) is 8.09. The van der Waals surface area contributed by atoms with Gasteiger partial charge in [-0.25, -0.2) is 0 Å². The van der Waals surface area contributed by atoms with Crippen molar-refractivity contribution in [2.75, 3.05) is 0 Å². The zero-order chi connectivity index (χ0) is 23.5. The van der Waals surface area contributed by atoms with Crippen LogP contribution in [0.4, 0.5) is 0 Å². The number of benzene rings is 4. The van der Waals surface area contributed by atoms with E-state index in [4.69, 9.17) is 17.0 Å². The smallest absolute Gasteiger partial charge is 0.205 e. The Morgan fingerprint density at radius 2 is 1.66 bits per heavy atom.